The minimum Gasteiger partial charge on any atom is -0.308 e. The number of sulfonamides is 1. The van der Waals surface area contributed by atoms with E-state index in [9.17, 15) is 13.2 Å². The normalized spacial score (nSPS) is 19.7. The predicted octanol–water partition coefficient (Wildman–Crippen LogP) is 2.40. The average Bonchev–Trinajstić information content (AvgIpc) is 3.03. The van der Waals surface area contributed by atoms with Crippen molar-refractivity contribution in [2.75, 3.05) is 24.5 Å². The number of nitrogens with two attached hydrogens (primary N) is 1. The lowest BCUT2D eigenvalue weighted by Crippen LogP contribution is -2.44. The number of amides is 1. The summed E-state index contributed by atoms with van der Waals surface area (Å²) in [6.45, 7) is 3.92. The average molecular weight is 412 g/mol. The molecule has 0 bridgehead atoms. The monoisotopic (exact) mass is 411 g/mol. The molecule has 0 aliphatic carbocycles. The number of hydrogen-bond acceptors (Lipinski definition) is 4. The van der Waals surface area contributed by atoms with Crippen molar-refractivity contribution in [2.45, 2.75) is 30.7 Å². The fourth-order valence-electron chi connectivity index (χ4n) is 4.20. The molecule has 2 N–H and O–H groups in total. The zero-order valence-electron chi connectivity index (χ0n) is 16.4. The van der Waals surface area contributed by atoms with Gasteiger partial charge in [-0.2, -0.15) is 0 Å². The van der Waals surface area contributed by atoms with Gasteiger partial charge in [-0.25, -0.2) is 13.6 Å². The third-order valence-corrected chi connectivity index (χ3v) is 6.57. The zero-order valence-corrected chi connectivity index (χ0v) is 17.2. The van der Waals surface area contributed by atoms with Crippen LogP contribution < -0.4 is 10.0 Å². The van der Waals surface area contributed by atoms with Crippen molar-refractivity contribution in [3.63, 3.8) is 0 Å². The Bertz CT molecular complexity index is 1060. The summed E-state index contributed by atoms with van der Waals surface area (Å²) in [6.07, 6.45) is 3.75. The van der Waals surface area contributed by atoms with Gasteiger partial charge in [-0.15, -0.1) is 0 Å². The van der Waals surface area contributed by atoms with Crippen LogP contribution in [0.2, 0.25) is 0 Å². The lowest BCUT2D eigenvalue weighted by Gasteiger charge is -2.29. The summed E-state index contributed by atoms with van der Waals surface area (Å²) in [4.78, 5) is 17.1. The standard InChI is InChI=1S/C22H25N3O3S/c1-16-13-19-14-20(29(23,27)28)7-8-21(19)25(16)22(26)15-24-11-9-18(10-12-24)17-5-3-2-4-6-17/h2-9,14,16H,10-13,15H2,1H3,(H2,23,27,28)/t16-/m0/s1. The van der Waals surface area contributed by atoms with Crippen LogP contribution in [0.1, 0.15) is 24.5 Å². The number of benzene rings is 2. The van der Waals surface area contributed by atoms with Crippen LogP contribution in [0.25, 0.3) is 5.57 Å². The van der Waals surface area contributed by atoms with Crippen LogP contribution in [0, 0.1) is 0 Å². The van der Waals surface area contributed by atoms with Crippen LogP contribution in [0.3, 0.4) is 0 Å². The smallest absolute Gasteiger partial charge is 0.241 e. The highest BCUT2D eigenvalue weighted by molar-refractivity contribution is 7.89. The Kier molecular flexibility index (Phi) is 5.29. The quantitative estimate of drug-likeness (QED) is 0.837. The highest BCUT2D eigenvalue weighted by atomic mass is 32.2. The number of carbonyl (C=O) groups excluding carboxylic acids is 1. The topological polar surface area (TPSA) is 83.7 Å². The fraction of sp³-hybridized carbons (Fsp3) is 0.318. The summed E-state index contributed by atoms with van der Waals surface area (Å²) < 4.78 is 23.2. The largest absolute Gasteiger partial charge is 0.308 e. The molecule has 0 fully saturated rings. The molecule has 1 atom stereocenters. The number of carbonyl (C=O) groups is 1. The molecule has 2 aromatic carbocycles. The van der Waals surface area contributed by atoms with Crippen molar-refractivity contribution < 1.29 is 13.2 Å². The van der Waals surface area contributed by atoms with Gasteiger partial charge in [0.05, 0.1) is 11.4 Å². The van der Waals surface area contributed by atoms with E-state index in [1.165, 1.54) is 17.2 Å². The van der Waals surface area contributed by atoms with Gasteiger partial charge in [-0.1, -0.05) is 36.4 Å². The zero-order chi connectivity index (χ0) is 20.6. The van der Waals surface area contributed by atoms with Crippen LogP contribution in [-0.4, -0.2) is 44.9 Å². The summed E-state index contributed by atoms with van der Waals surface area (Å²) in [6, 6.07) is 15.1. The SMILES string of the molecule is C[C@H]1Cc2cc(S(N)(=O)=O)ccc2N1C(=O)CN1CC=C(c2ccccc2)CC1. The van der Waals surface area contributed by atoms with Gasteiger partial charge < -0.3 is 4.90 Å². The maximum atomic E-state index is 13.0. The van der Waals surface area contributed by atoms with Crippen LogP contribution in [0.5, 0.6) is 0 Å². The fourth-order valence-corrected chi connectivity index (χ4v) is 4.77. The Morgan fingerprint density at radius 1 is 1.17 bits per heavy atom. The minimum atomic E-state index is -3.75. The summed E-state index contributed by atoms with van der Waals surface area (Å²) in [5.74, 6) is 0.0381. The highest BCUT2D eigenvalue weighted by Crippen LogP contribution is 2.34. The molecular weight excluding hydrogens is 386 g/mol. The van der Waals surface area contributed by atoms with Gasteiger partial charge in [0.15, 0.2) is 0 Å². The Hall–Kier alpha value is -2.48. The van der Waals surface area contributed by atoms with E-state index < -0.39 is 10.0 Å². The molecule has 1 amide bonds. The molecule has 0 aromatic heterocycles. The number of rotatable bonds is 4. The molecule has 0 saturated heterocycles. The van der Waals surface area contributed by atoms with E-state index >= 15 is 0 Å². The molecular formula is C22H25N3O3S. The Labute approximate surface area is 171 Å². The molecule has 152 valence electrons. The third kappa shape index (κ3) is 4.12. The van der Waals surface area contributed by atoms with E-state index in [-0.39, 0.29) is 16.8 Å². The van der Waals surface area contributed by atoms with Gasteiger partial charge in [-0.05, 0) is 54.7 Å². The molecule has 2 heterocycles. The minimum absolute atomic E-state index is 0.00607. The van der Waals surface area contributed by atoms with Gasteiger partial charge in [0.25, 0.3) is 0 Å². The first kappa shape index (κ1) is 19.8. The molecule has 0 unspecified atom stereocenters. The van der Waals surface area contributed by atoms with Crippen LogP contribution in [0.4, 0.5) is 5.69 Å². The second-order valence-electron chi connectivity index (χ2n) is 7.73. The highest BCUT2D eigenvalue weighted by Gasteiger charge is 2.32. The van der Waals surface area contributed by atoms with E-state index in [1.807, 2.05) is 25.1 Å². The number of hydrogen-bond donors (Lipinski definition) is 1. The molecule has 7 heteroatoms. The van der Waals surface area contributed by atoms with Crippen molar-refractivity contribution in [1.29, 1.82) is 0 Å². The maximum Gasteiger partial charge on any atom is 0.241 e. The number of anilines is 1. The molecule has 29 heavy (non-hydrogen) atoms. The maximum absolute atomic E-state index is 13.0. The molecule has 0 saturated carbocycles. The first-order valence-electron chi connectivity index (χ1n) is 9.77. The van der Waals surface area contributed by atoms with Gasteiger partial charge >= 0.3 is 0 Å². The molecule has 6 nitrogen and oxygen atoms in total. The molecule has 2 aliphatic rings. The number of fused-ring (bicyclic) bond motifs is 1. The molecule has 2 aliphatic heterocycles. The van der Waals surface area contributed by atoms with E-state index in [2.05, 4.69) is 23.1 Å². The van der Waals surface area contributed by atoms with Crippen molar-refractivity contribution in [3.8, 4) is 0 Å². The Balaban J connectivity index is 1.46. The Morgan fingerprint density at radius 2 is 1.93 bits per heavy atom. The number of nitrogens with zero attached hydrogens (tertiary/aromatic N) is 2. The molecule has 2 aromatic rings. The van der Waals surface area contributed by atoms with Crippen molar-refractivity contribution in [2.24, 2.45) is 5.14 Å². The summed E-state index contributed by atoms with van der Waals surface area (Å²) >= 11 is 0. The van der Waals surface area contributed by atoms with Crippen molar-refractivity contribution >= 4 is 27.2 Å². The van der Waals surface area contributed by atoms with Gasteiger partial charge in [-0.3, -0.25) is 9.69 Å². The van der Waals surface area contributed by atoms with Crippen molar-refractivity contribution in [3.05, 3.63) is 65.7 Å². The van der Waals surface area contributed by atoms with Crippen molar-refractivity contribution in [1.82, 2.24) is 4.90 Å². The molecule has 4 rings (SSSR count). The van der Waals surface area contributed by atoms with Gasteiger partial charge in [0.1, 0.15) is 0 Å². The van der Waals surface area contributed by atoms with Gasteiger partial charge in [0.2, 0.25) is 15.9 Å². The number of primary sulfonamides is 1. The van der Waals surface area contributed by atoms with Gasteiger partial charge in [0, 0.05) is 24.8 Å². The second-order valence-corrected chi connectivity index (χ2v) is 9.29. The van der Waals surface area contributed by atoms with E-state index in [0.717, 1.165) is 30.8 Å². The second kappa shape index (κ2) is 7.74. The molecule has 0 spiro atoms. The first-order valence-corrected chi connectivity index (χ1v) is 11.3. The van der Waals surface area contributed by atoms with E-state index in [1.54, 1.807) is 17.0 Å². The summed E-state index contributed by atoms with van der Waals surface area (Å²) in [5, 5.41) is 5.24. The van der Waals surface area contributed by atoms with Crippen LogP contribution >= 0.6 is 0 Å². The summed E-state index contributed by atoms with van der Waals surface area (Å²) in [7, 11) is -3.75. The summed E-state index contributed by atoms with van der Waals surface area (Å²) in [5.41, 5.74) is 4.20. The molecule has 0 radical (unpaired) electrons. The first-order chi connectivity index (χ1) is 13.8. The Morgan fingerprint density at radius 3 is 2.59 bits per heavy atom. The van der Waals surface area contributed by atoms with Crippen LogP contribution in [0.15, 0.2) is 59.5 Å². The third-order valence-electron chi connectivity index (χ3n) is 5.66. The van der Waals surface area contributed by atoms with Crippen LogP contribution in [-0.2, 0) is 21.2 Å². The lowest BCUT2D eigenvalue weighted by molar-refractivity contribution is -0.119. The predicted molar refractivity (Wildman–Crippen MR) is 114 cm³/mol. The van der Waals surface area contributed by atoms with E-state index in [0.29, 0.717) is 13.0 Å². The van der Waals surface area contributed by atoms with E-state index in [4.69, 9.17) is 5.14 Å². The lowest BCUT2D eigenvalue weighted by atomic mass is 9.99.